The Morgan fingerprint density at radius 2 is 1.82 bits per heavy atom. The van der Waals surface area contributed by atoms with Crippen molar-refractivity contribution in [2.75, 3.05) is 12.0 Å². The molecule has 0 aliphatic heterocycles. The number of methoxy groups -OCH3 is 1. The molecule has 9 nitrogen and oxygen atoms in total. The Bertz CT molecular complexity index is 1460. The van der Waals surface area contributed by atoms with Gasteiger partial charge in [-0.2, -0.15) is 0 Å². The number of benzene rings is 3. The van der Waals surface area contributed by atoms with Gasteiger partial charge in [-0.15, -0.1) is 5.10 Å². The molecule has 3 aromatic carbocycles. The molecule has 9 heteroatoms. The smallest absolute Gasteiger partial charge is 0.249 e. The van der Waals surface area contributed by atoms with Crippen LogP contribution in [-0.4, -0.2) is 45.1 Å². The van der Waals surface area contributed by atoms with Crippen molar-refractivity contribution in [2.24, 2.45) is 0 Å². The number of phenolic OH excluding ortho intramolecular Hbond substituents is 1. The van der Waals surface area contributed by atoms with Crippen LogP contribution in [0, 0.1) is 6.92 Å². The Morgan fingerprint density at radius 1 is 1.08 bits per heavy atom. The van der Waals surface area contributed by atoms with E-state index in [2.05, 4.69) is 15.6 Å². The third kappa shape index (κ3) is 5.72. The van der Waals surface area contributed by atoms with Crippen LogP contribution in [0.1, 0.15) is 49.3 Å². The first-order valence-electron chi connectivity index (χ1n) is 13.3. The molecule has 0 radical (unpaired) electrons. The average molecular weight is 528 g/mol. The van der Waals surface area contributed by atoms with Gasteiger partial charge in [-0.1, -0.05) is 54.8 Å². The second kappa shape index (κ2) is 11.6. The maximum absolute atomic E-state index is 14.3. The van der Waals surface area contributed by atoms with E-state index in [1.807, 2.05) is 43.3 Å². The number of phenols is 1. The van der Waals surface area contributed by atoms with Gasteiger partial charge in [-0.3, -0.25) is 14.5 Å². The van der Waals surface area contributed by atoms with Gasteiger partial charge in [0.2, 0.25) is 11.8 Å². The van der Waals surface area contributed by atoms with Gasteiger partial charge in [0.15, 0.2) is 0 Å². The van der Waals surface area contributed by atoms with Crippen molar-refractivity contribution in [3.8, 4) is 11.5 Å². The monoisotopic (exact) mass is 527 g/mol. The summed E-state index contributed by atoms with van der Waals surface area (Å²) in [5.74, 6) is -0.101. The molecule has 1 saturated carbocycles. The number of hydrogen-bond acceptors (Lipinski definition) is 6. The van der Waals surface area contributed by atoms with Gasteiger partial charge in [0.05, 0.1) is 18.3 Å². The zero-order valence-corrected chi connectivity index (χ0v) is 22.2. The van der Waals surface area contributed by atoms with E-state index < -0.39 is 6.04 Å². The van der Waals surface area contributed by atoms with E-state index in [9.17, 15) is 14.7 Å². The fourth-order valence-corrected chi connectivity index (χ4v) is 5.25. The topological polar surface area (TPSA) is 110 Å². The molecule has 202 valence electrons. The highest BCUT2D eigenvalue weighted by atomic mass is 16.5. The zero-order valence-electron chi connectivity index (χ0n) is 22.2. The second-order valence-electron chi connectivity index (χ2n) is 10.0. The van der Waals surface area contributed by atoms with E-state index in [-0.39, 0.29) is 30.2 Å². The van der Waals surface area contributed by atoms with Crippen molar-refractivity contribution >= 4 is 28.5 Å². The molecule has 4 aromatic rings. The third-order valence-electron chi connectivity index (χ3n) is 7.23. The average Bonchev–Trinajstić information content (AvgIpc) is 3.35. The summed E-state index contributed by atoms with van der Waals surface area (Å²) in [6.45, 7) is 1.79. The van der Waals surface area contributed by atoms with Gasteiger partial charge in [-0.25, -0.2) is 4.68 Å². The number of rotatable bonds is 8. The molecule has 1 unspecified atom stereocenters. The minimum atomic E-state index is -1.01. The highest BCUT2D eigenvalue weighted by Crippen LogP contribution is 2.37. The van der Waals surface area contributed by atoms with Crippen molar-refractivity contribution < 1.29 is 19.4 Å². The Balaban J connectivity index is 1.61. The van der Waals surface area contributed by atoms with Gasteiger partial charge in [-0.05, 0) is 67.3 Å². The van der Waals surface area contributed by atoms with Crippen molar-refractivity contribution in [1.82, 2.24) is 20.3 Å². The lowest BCUT2D eigenvalue weighted by Gasteiger charge is -2.34. The summed E-state index contributed by atoms with van der Waals surface area (Å²) in [6.07, 6.45) is 5.08. The van der Waals surface area contributed by atoms with Gasteiger partial charge < -0.3 is 15.2 Å². The Morgan fingerprint density at radius 3 is 2.56 bits per heavy atom. The van der Waals surface area contributed by atoms with E-state index in [4.69, 9.17) is 4.74 Å². The summed E-state index contributed by atoms with van der Waals surface area (Å²) in [6, 6.07) is 18.4. The molecule has 0 spiro atoms. The van der Waals surface area contributed by atoms with E-state index in [1.165, 1.54) is 17.0 Å². The van der Waals surface area contributed by atoms with Gasteiger partial charge >= 0.3 is 0 Å². The summed E-state index contributed by atoms with van der Waals surface area (Å²) in [4.78, 5) is 29.8. The summed E-state index contributed by atoms with van der Waals surface area (Å²) in [7, 11) is 1.54. The fraction of sp³-hybridized carbons (Fsp3) is 0.333. The van der Waals surface area contributed by atoms with E-state index in [0.29, 0.717) is 22.5 Å². The molecule has 1 heterocycles. The number of amides is 2. The quantitative estimate of drug-likeness (QED) is 0.344. The maximum Gasteiger partial charge on any atom is 0.249 e. The molecule has 5 rings (SSSR count). The van der Waals surface area contributed by atoms with Crippen molar-refractivity contribution in [2.45, 2.75) is 57.7 Å². The summed E-state index contributed by atoms with van der Waals surface area (Å²) in [5, 5.41) is 21.6. The van der Waals surface area contributed by atoms with Crippen molar-refractivity contribution in [1.29, 1.82) is 0 Å². The minimum absolute atomic E-state index is 0.0430. The number of aryl methyl sites for hydroxylation is 1. The van der Waals surface area contributed by atoms with Crippen LogP contribution in [-0.2, 0) is 16.1 Å². The van der Waals surface area contributed by atoms with Crippen LogP contribution in [0.3, 0.4) is 0 Å². The Labute approximate surface area is 227 Å². The highest BCUT2D eigenvalue weighted by molar-refractivity contribution is 6.02. The number of nitrogens with one attached hydrogen (secondary N) is 1. The van der Waals surface area contributed by atoms with Crippen molar-refractivity contribution in [3.05, 3.63) is 77.9 Å². The molecule has 2 N–H and O–H groups in total. The minimum Gasteiger partial charge on any atom is -0.508 e. The molecule has 1 aliphatic carbocycles. The number of carbonyl (C=O) groups is 2. The van der Waals surface area contributed by atoms with Crippen LogP contribution in [0.25, 0.3) is 11.0 Å². The van der Waals surface area contributed by atoms with E-state index >= 15 is 0 Å². The van der Waals surface area contributed by atoms with Gasteiger partial charge in [0, 0.05) is 6.04 Å². The van der Waals surface area contributed by atoms with E-state index in [1.54, 1.807) is 30.0 Å². The highest BCUT2D eigenvalue weighted by Gasteiger charge is 2.36. The molecular weight excluding hydrogens is 494 g/mol. The number of hydrogen-bond donors (Lipinski definition) is 2. The number of nitrogens with zero attached hydrogens (tertiary/aromatic N) is 4. The van der Waals surface area contributed by atoms with Crippen molar-refractivity contribution in [3.63, 3.8) is 0 Å². The second-order valence-corrected chi connectivity index (χ2v) is 10.0. The molecular formula is C30H33N5O4. The predicted octanol–water partition coefficient (Wildman–Crippen LogP) is 4.68. The molecule has 2 amide bonds. The predicted molar refractivity (Wildman–Crippen MR) is 149 cm³/mol. The third-order valence-corrected chi connectivity index (χ3v) is 7.23. The van der Waals surface area contributed by atoms with Crippen LogP contribution in [0.5, 0.6) is 11.5 Å². The SMILES string of the molecule is COc1ccc(C)cc1N(C(=O)Cn1nnc2ccccc21)C(C(=O)NC1CCCCC1)c1ccc(O)cc1. The van der Waals surface area contributed by atoms with Crippen LogP contribution < -0.4 is 15.0 Å². The number of aromatic nitrogens is 3. The number of para-hydroxylation sites is 1. The maximum atomic E-state index is 14.3. The largest absolute Gasteiger partial charge is 0.508 e. The Hall–Kier alpha value is -4.40. The van der Waals surface area contributed by atoms with Gasteiger partial charge in [0.1, 0.15) is 29.6 Å². The number of ether oxygens (including phenoxy) is 1. The lowest BCUT2D eigenvalue weighted by atomic mass is 9.94. The first kappa shape index (κ1) is 26.2. The number of anilines is 1. The molecule has 1 aromatic heterocycles. The first-order valence-corrected chi connectivity index (χ1v) is 13.3. The fourth-order valence-electron chi connectivity index (χ4n) is 5.25. The lowest BCUT2D eigenvalue weighted by molar-refractivity contribution is -0.127. The number of carbonyl (C=O) groups excluding carboxylic acids is 2. The van der Waals surface area contributed by atoms with Crippen LogP contribution in [0.15, 0.2) is 66.7 Å². The summed E-state index contributed by atoms with van der Waals surface area (Å²) in [5.41, 5.74) is 3.35. The molecule has 0 saturated heterocycles. The normalized spacial score (nSPS) is 14.6. The van der Waals surface area contributed by atoms with Crippen LogP contribution in [0.2, 0.25) is 0 Å². The summed E-state index contributed by atoms with van der Waals surface area (Å²) < 4.78 is 7.21. The van der Waals surface area contributed by atoms with Crippen LogP contribution in [0.4, 0.5) is 5.69 Å². The molecule has 0 bridgehead atoms. The molecule has 1 atom stereocenters. The molecule has 1 fully saturated rings. The first-order chi connectivity index (χ1) is 18.9. The standard InChI is InChI=1S/C30H33N5O4/c1-20-12-17-27(39-2)26(18-20)35(28(37)19-34-25-11-7-6-10-24(25)32-33-34)29(21-13-15-23(36)16-14-21)30(38)31-22-8-4-3-5-9-22/h6-7,10-18,22,29,36H,3-5,8-9,19H2,1-2H3,(H,31,38). The van der Waals surface area contributed by atoms with E-state index in [0.717, 1.165) is 43.2 Å². The van der Waals surface area contributed by atoms with Crippen LogP contribution >= 0.6 is 0 Å². The number of aromatic hydroxyl groups is 1. The molecule has 39 heavy (non-hydrogen) atoms. The van der Waals surface area contributed by atoms with Gasteiger partial charge in [0.25, 0.3) is 0 Å². The summed E-state index contributed by atoms with van der Waals surface area (Å²) >= 11 is 0. The molecule has 1 aliphatic rings. The lowest BCUT2D eigenvalue weighted by Crippen LogP contribution is -2.48. The zero-order chi connectivity index (χ0) is 27.4. The number of fused-ring (bicyclic) bond motifs is 1. The Kier molecular flexibility index (Phi) is 7.76.